The topological polar surface area (TPSA) is 57.5 Å². The summed E-state index contributed by atoms with van der Waals surface area (Å²) in [6.45, 7) is 5.37. The predicted octanol–water partition coefficient (Wildman–Crippen LogP) is 2.96. The largest absolute Gasteiger partial charge is 0.304 e. The lowest BCUT2D eigenvalue weighted by Crippen LogP contribution is -2.44. The molecule has 2 aromatic carbocycles. The summed E-state index contributed by atoms with van der Waals surface area (Å²) in [5.41, 5.74) is 1.82. The van der Waals surface area contributed by atoms with Gasteiger partial charge in [0, 0.05) is 42.3 Å². The van der Waals surface area contributed by atoms with Gasteiger partial charge in [0.25, 0.3) is 0 Å². The first kappa shape index (κ1) is 22.6. The van der Waals surface area contributed by atoms with Crippen molar-refractivity contribution >= 4 is 17.4 Å². The van der Waals surface area contributed by atoms with Crippen molar-refractivity contribution in [1.29, 1.82) is 0 Å². The maximum atomic E-state index is 13.3. The zero-order chi connectivity index (χ0) is 22.7. The molecule has 0 unspecified atom stereocenters. The third-order valence-electron chi connectivity index (χ3n) is 5.60. The minimum atomic E-state index is -0.0879. The van der Waals surface area contributed by atoms with Crippen LogP contribution in [0.15, 0.2) is 48.5 Å². The lowest BCUT2D eigenvalue weighted by Gasteiger charge is -2.31. The third kappa shape index (κ3) is 5.24. The van der Waals surface area contributed by atoms with Crippen LogP contribution in [-0.2, 0) is 13.1 Å². The molecule has 32 heavy (non-hydrogen) atoms. The van der Waals surface area contributed by atoms with E-state index in [9.17, 15) is 4.79 Å². The standard InChI is InChI=1S/C24H29ClN6O/c1-28(2)17-23-26-22(16-30-13-11-29(3)12-14-30)27-31(23)21-10-9-19(25)15-20(21)24(32)18-7-5-4-6-8-18/h4-10,15H,11-14,16-17H2,1-3H3. The molecule has 0 N–H and O–H groups in total. The molecular formula is C24H29ClN6O. The second-order valence-corrected chi connectivity index (χ2v) is 8.97. The summed E-state index contributed by atoms with van der Waals surface area (Å²) >= 11 is 6.29. The Kier molecular flexibility index (Phi) is 7.01. The second-order valence-electron chi connectivity index (χ2n) is 8.53. The number of rotatable bonds is 7. The van der Waals surface area contributed by atoms with E-state index in [2.05, 4.69) is 21.7 Å². The van der Waals surface area contributed by atoms with Crippen LogP contribution in [0.25, 0.3) is 5.69 Å². The quantitative estimate of drug-likeness (QED) is 0.514. The molecule has 0 radical (unpaired) electrons. The molecule has 1 fully saturated rings. The van der Waals surface area contributed by atoms with E-state index in [-0.39, 0.29) is 5.78 Å². The van der Waals surface area contributed by atoms with Crippen LogP contribution >= 0.6 is 11.6 Å². The van der Waals surface area contributed by atoms with Gasteiger partial charge >= 0.3 is 0 Å². The van der Waals surface area contributed by atoms with E-state index in [0.717, 1.165) is 37.8 Å². The van der Waals surface area contributed by atoms with E-state index in [0.29, 0.717) is 34.9 Å². The molecule has 2 heterocycles. The molecule has 8 heteroatoms. The molecule has 0 saturated carbocycles. The number of ketones is 1. The molecule has 1 aliphatic rings. The zero-order valence-corrected chi connectivity index (χ0v) is 19.6. The molecule has 0 bridgehead atoms. The van der Waals surface area contributed by atoms with E-state index >= 15 is 0 Å². The molecule has 3 aromatic rings. The van der Waals surface area contributed by atoms with Crippen LogP contribution in [0.3, 0.4) is 0 Å². The maximum absolute atomic E-state index is 13.3. The number of aromatic nitrogens is 3. The maximum Gasteiger partial charge on any atom is 0.195 e. The van der Waals surface area contributed by atoms with Gasteiger partial charge in [0.15, 0.2) is 11.6 Å². The minimum absolute atomic E-state index is 0.0879. The van der Waals surface area contributed by atoms with Crippen LogP contribution in [0.4, 0.5) is 0 Å². The summed E-state index contributed by atoms with van der Waals surface area (Å²) in [5, 5.41) is 5.36. The lowest BCUT2D eigenvalue weighted by molar-refractivity contribution is 0.103. The SMILES string of the molecule is CN(C)Cc1nc(CN2CCN(C)CC2)nn1-c1ccc(Cl)cc1C(=O)c1ccccc1. The number of benzene rings is 2. The number of carbonyl (C=O) groups excluding carboxylic acids is 1. The lowest BCUT2D eigenvalue weighted by atomic mass is 10.0. The molecule has 0 amide bonds. The molecule has 168 valence electrons. The summed E-state index contributed by atoms with van der Waals surface area (Å²) in [6, 6.07) is 14.6. The van der Waals surface area contributed by atoms with Crippen molar-refractivity contribution in [3.8, 4) is 5.69 Å². The van der Waals surface area contributed by atoms with Crippen molar-refractivity contribution in [2.75, 3.05) is 47.3 Å². The van der Waals surface area contributed by atoms with E-state index in [4.69, 9.17) is 21.7 Å². The number of halogens is 1. The van der Waals surface area contributed by atoms with E-state index in [1.807, 2.05) is 50.5 Å². The highest BCUT2D eigenvalue weighted by Gasteiger charge is 2.22. The van der Waals surface area contributed by atoms with E-state index in [1.54, 1.807) is 16.8 Å². The Morgan fingerprint density at radius 3 is 2.47 bits per heavy atom. The fourth-order valence-corrected chi connectivity index (χ4v) is 4.03. The Morgan fingerprint density at radius 1 is 1.06 bits per heavy atom. The predicted molar refractivity (Wildman–Crippen MR) is 126 cm³/mol. The van der Waals surface area contributed by atoms with Crippen LogP contribution in [0.1, 0.15) is 27.6 Å². The highest BCUT2D eigenvalue weighted by molar-refractivity contribution is 6.31. The van der Waals surface area contributed by atoms with Crippen LogP contribution in [0.5, 0.6) is 0 Å². The average Bonchev–Trinajstić information content (AvgIpc) is 3.16. The van der Waals surface area contributed by atoms with Crippen LogP contribution in [0, 0.1) is 0 Å². The molecule has 1 aliphatic heterocycles. The molecule has 4 rings (SSSR count). The highest BCUT2D eigenvalue weighted by Crippen LogP contribution is 2.24. The van der Waals surface area contributed by atoms with Crippen molar-refractivity contribution in [2.45, 2.75) is 13.1 Å². The summed E-state index contributed by atoms with van der Waals surface area (Å²) in [7, 11) is 6.14. The Labute approximate surface area is 194 Å². The fraction of sp³-hybridized carbons (Fsp3) is 0.375. The first-order valence-corrected chi connectivity index (χ1v) is 11.2. The molecular weight excluding hydrogens is 424 g/mol. The fourth-order valence-electron chi connectivity index (χ4n) is 3.86. The number of hydrogen-bond donors (Lipinski definition) is 0. The van der Waals surface area contributed by atoms with Crippen molar-refractivity contribution in [1.82, 2.24) is 29.5 Å². The normalized spacial score (nSPS) is 15.4. The highest BCUT2D eigenvalue weighted by atomic mass is 35.5. The van der Waals surface area contributed by atoms with Crippen LogP contribution in [0.2, 0.25) is 5.02 Å². The average molecular weight is 453 g/mol. The molecule has 1 aromatic heterocycles. The molecule has 7 nitrogen and oxygen atoms in total. The van der Waals surface area contributed by atoms with Gasteiger partial charge < -0.3 is 9.80 Å². The summed E-state index contributed by atoms with van der Waals surface area (Å²) < 4.78 is 1.80. The summed E-state index contributed by atoms with van der Waals surface area (Å²) in [4.78, 5) is 24.9. The van der Waals surface area contributed by atoms with Crippen LogP contribution < -0.4 is 0 Å². The Bertz CT molecular complexity index is 1070. The molecule has 0 atom stereocenters. The van der Waals surface area contributed by atoms with Gasteiger partial charge in [-0.25, -0.2) is 9.67 Å². The Balaban J connectivity index is 1.72. The van der Waals surface area contributed by atoms with Gasteiger partial charge in [0.2, 0.25) is 0 Å². The minimum Gasteiger partial charge on any atom is -0.304 e. The Morgan fingerprint density at radius 2 is 1.78 bits per heavy atom. The zero-order valence-electron chi connectivity index (χ0n) is 18.8. The van der Waals surface area contributed by atoms with Gasteiger partial charge in [0.1, 0.15) is 5.82 Å². The van der Waals surface area contributed by atoms with Gasteiger partial charge in [-0.15, -0.1) is 5.10 Å². The summed E-state index contributed by atoms with van der Waals surface area (Å²) in [6.07, 6.45) is 0. The third-order valence-corrected chi connectivity index (χ3v) is 5.84. The summed E-state index contributed by atoms with van der Waals surface area (Å²) in [5.74, 6) is 1.47. The van der Waals surface area contributed by atoms with Crippen molar-refractivity contribution in [3.63, 3.8) is 0 Å². The van der Waals surface area contributed by atoms with E-state index < -0.39 is 0 Å². The number of likely N-dealkylation sites (N-methyl/N-ethyl adjacent to an activating group) is 1. The molecule has 0 spiro atoms. The second kappa shape index (κ2) is 9.92. The van der Waals surface area contributed by atoms with Gasteiger partial charge in [0.05, 0.1) is 18.8 Å². The first-order valence-electron chi connectivity index (χ1n) is 10.8. The van der Waals surface area contributed by atoms with Crippen molar-refractivity contribution < 1.29 is 4.79 Å². The van der Waals surface area contributed by atoms with Gasteiger partial charge in [-0.3, -0.25) is 9.69 Å². The van der Waals surface area contributed by atoms with E-state index in [1.165, 1.54) is 0 Å². The van der Waals surface area contributed by atoms with Crippen molar-refractivity contribution in [3.05, 3.63) is 76.3 Å². The van der Waals surface area contributed by atoms with Gasteiger partial charge in [-0.05, 0) is 39.3 Å². The number of carbonyl (C=O) groups is 1. The van der Waals surface area contributed by atoms with Gasteiger partial charge in [-0.2, -0.15) is 0 Å². The monoisotopic (exact) mass is 452 g/mol. The van der Waals surface area contributed by atoms with Crippen molar-refractivity contribution in [2.24, 2.45) is 0 Å². The number of piperazine rings is 1. The number of hydrogen-bond acceptors (Lipinski definition) is 6. The number of nitrogens with zero attached hydrogens (tertiary/aromatic N) is 6. The Hall–Kier alpha value is -2.58. The van der Waals surface area contributed by atoms with Gasteiger partial charge in [-0.1, -0.05) is 41.9 Å². The van der Waals surface area contributed by atoms with Crippen LogP contribution in [-0.4, -0.2) is 82.6 Å². The smallest absolute Gasteiger partial charge is 0.195 e. The first-order chi connectivity index (χ1) is 15.4. The molecule has 0 aliphatic carbocycles. The molecule has 1 saturated heterocycles.